The Kier molecular flexibility index (Phi) is 5.37. The summed E-state index contributed by atoms with van der Waals surface area (Å²) in [6.45, 7) is 0. The molecule has 35 heavy (non-hydrogen) atoms. The molecule has 4 aromatic carbocycles. The second kappa shape index (κ2) is 8.53. The van der Waals surface area contributed by atoms with Crippen LogP contribution in [0.5, 0.6) is 40.2 Å². The molecule has 0 aliphatic carbocycles. The van der Waals surface area contributed by atoms with Gasteiger partial charge in [-0.2, -0.15) is 0 Å². The van der Waals surface area contributed by atoms with Crippen LogP contribution in [0.2, 0.25) is 0 Å². The van der Waals surface area contributed by atoms with Crippen molar-refractivity contribution in [2.45, 2.75) is 12.0 Å². The van der Waals surface area contributed by atoms with Crippen LogP contribution in [0.1, 0.15) is 39.8 Å². The molecule has 1 aliphatic rings. The highest BCUT2D eigenvalue weighted by Gasteiger charge is 2.40. The van der Waals surface area contributed by atoms with Crippen LogP contribution in [0.25, 0.3) is 12.2 Å². The molecule has 6 N–H and O–H groups in total. The number of hydrogen-bond acceptors (Lipinski definition) is 7. The van der Waals surface area contributed by atoms with Crippen LogP contribution in [0.15, 0.2) is 72.8 Å². The Hall–Kier alpha value is -4.78. The Morgan fingerprint density at radius 3 is 1.94 bits per heavy atom. The minimum absolute atomic E-state index is 0.0257. The van der Waals surface area contributed by atoms with Crippen molar-refractivity contribution in [1.29, 1.82) is 0 Å². The molecule has 0 spiro atoms. The number of ether oxygens (including phenoxy) is 1. The van der Waals surface area contributed by atoms with Crippen molar-refractivity contribution in [2.75, 3.05) is 0 Å². The summed E-state index contributed by atoms with van der Waals surface area (Å²) < 4.78 is 6.22. The van der Waals surface area contributed by atoms with Crippen molar-refractivity contribution in [3.05, 3.63) is 101 Å². The van der Waals surface area contributed by atoms with Crippen molar-refractivity contribution >= 4 is 12.2 Å². The molecule has 2 atom stereocenters. The van der Waals surface area contributed by atoms with Gasteiger partial charge in [-0.3, -0.25) is 0 Å². The van der Waals surface area contributed by atoms with E-state index in [1.165, 1.54) is 36.4 Å². The summed E-state index contributed by atoms with van der Waals surface area (Å²) in [5.41, 5.74) is 3.04. The fraction of sp³-hybridized carbons (Fsp3) is 0.0714. The number of fused-ring (bicyclic) bond motifs is 1. The lowest BCUT2D eigenvalue weighted by molar-refractivity contribution is 0.216. The normalized spacial score (nSPS) is 16.8. The molecule has 5 rings (SSSR count). The predicted molar refractivity (Wildman–Crippen MR) is 130 cm³/mol. The average Bonchev–Trinajstić information content (AvgIpc) is 3.17. The van der Waals surface area contributed by atoms with Crippen LogP contribution >= 0.6 is 0 Å². The van der Waals surface area contributed by atoms with Crippen molar-refractivity contribution in [3.63, 3.8) is 0 Å². The van der Waals surface area contributed by atoms with Crippen LogP contribution in [0, 0.1) is 0 Å². The molecule has 4 aromatic rings. The minimum atomic E-state index is -0.783. The summed E-state index contributed by atoms with van der Waals surface area (Å²) in [5, 5.41) is 60.6. The molecule has 0 aromatic heterocycles. The highest BCUT2D eigenvalue weighted by molar-refractivity contribution is 5.75. The molecular formula is C28H22O7. The average molecular weight is 470 g/mol. The Bertz CT molecular complexity index is 1420. The van der Waals surface area contributed by atoms with E-state index in [4.69, 9.17) is 4.74 Å². The number of phenolic OH excluding ortho intramolecular Hbond substituents is 6. The van der Waals surface area contributed by atoms with Crippen molar-refractivity contribution in [1.82, 2.24) is 0 Å². The first-order chi connectivity index (χ1) is 16.8. The van der Waals surface area contributed by atoms with Gasteiger partial charge in [-0.25, -0.2) is 0 Å². The van der Waals surface area contributed by atoms with Gasteiger partial charge in [0, 0.05) is 29.3 Å². The van der Waals surface area contributed by atoms with E-state index in [-0.39, 0.29) is 34.5 Å². The zero-order valence-corrected chi connectivity index (χ0v) is 18.3. The summed E-state index contributed by atoms with van der Waals surface area (Å²) in [5.74, 6) is -0.647. The molecule has 0 fully saturated rings. The largest absolute Gasteiger partial charge is 0.508 e. The van der Waals surface area contributed by atoms with E-state index in [1.54, 1.807) is 42.5 Å². The van der Waals surface area contributed by atoms with E-state index < -0.39 is 12.0 Å². The number of benzene rings is 4. The van der Waals surface area contributed by atoms with Crippen LogP contribution in [-0.4, -0.2) is 30.6 Å². The quantitative estimate of drug-likeness (QED) is 0.222. The van der Waals surface area contributed by atoms with E-state index >= 15 is 0 Å². The number of phenols is 6. The molecule has 7 nitrogen and oxygen atoms in total. The second-order valence-electron chi connectivity index (χ2n) is 8.41. The van der Waals surface area contributed by atoms with Gasteiger partial charge in [-0.05, 0) is 59.2 Å². The van der Waals surface area contributed by atoms with E-state index in [0.717, 1.165) is 5.56 Å². The van der Waals surface area contributed by atoms with Crippen LogP contribution < -0.4 is 4.74 Å². The predicted octanol–water partition coefficient (Wildman–Crippen LogP) is 5.36. The Balaban J connectivity index is 1.69. The molecule has 0 saturated heterocycles. The topological polar surface area (TPSA) is 131 Å². The van der Waals surface area contributed by atoms with E-state index in [1.807, 2.05) is 6.08 Å². The van der Waals surface area contributed by atoms with E-state index in [2.05, 4.69) is 0 Å². The monoisotopic (exact) mass is 470 g/mol. The zero-order chi connectivity index (χ0) is 24.7. The smallest absolute Gasteiger partial charge is 0.138 e. The van der Waals surface area contributed by atoms with Gasteiger partial charge >= 0.3 is 0 Å². The van der Waals surface area contributed by atoms with Crippen LogP contribution in [0.4, 0.5) is 0 Å². The van der Waals surface area contributed by atoms with Crippen LogP contribution in [0.3, 0.4) is 0 Å². The Morgan fingerprint density at radius 2 is 1.26 bits per heavy atom. The third-order valence-electron chi connectivity index (χ3n) is 5.98. The molecule has 176 valence electrons. The van der Waals surface area contributed by atoms with Gasteiger partial charge in [0.05, 0.1) is 5.92 Å². The molecule has 0 unspecified atom stereocenters. The fourth-order valence-electron chi connectivity index (χ4n) is 4.48. The van der Waals surface area contributed by atoms with Gasteiger partial charge in [0.15, 0.2) is 0 Å². The van der Waals surface area contributed by atoms with Crippen molar-refractivity contribution in [2.24, 2.45) is 0 Å². The molecule has 0 amide bonds. The minimum Gasteiger partial charge on any atom is -0.508 e. The third kappa shape index (κ3) is 4.27. The first kappa shape index (κ1) is 22.0. The summed E-state index contributed by atoms with van der Waals surface area (Å²) in [6, 6.07) is 18.1. The lowest BCUT2D eigenvalue weighted by Crippen LogP contribution is -2.12. The summed E-state index contributed by atoms with van der Waals surface area (Å²) >= 11 is 0. The van der Waals surface area contributed by atoms with Gasteiger partial charge in [0.2, 0.25) is 0 Å². The van der Waals surface area contributed by atoms with E-state index in [0.29, 0.717) is 28.0 Å². The first-order valence-corrected chi connectivity index (χ1v) is 10.8. The van der Waals surface area contributed by atoms with Crippen LogP contribution in [-0.2, 0) is 0 Å². The fourth-order valence-corrected chi connectivity index (χ4v) is 4.48. The maximum absolute atomic E-state index is 10.6. The molecule has 7 heteroatoms. The maximum Gasteiger partial charge on any atom is 0.138 e. The highest BCUT2D eigenvalue weighted by Crippen LogP contribution is 2.54. The van der Waals surface area contributed by atoms with Gasteiger partial charge < -0.3 is 35.4 Å². The molecule has 0 saturated carbocycles. The summed E-state index contributed by atoms with van der Waals surface area (Å²) in [4.78, 5) is 0. The third-order valence-corrected chi connectivity index (χ3v) is 5.98. The molecule has 0 radical (unpaired) electrons. The first-order valence-electron chi connectivity index (χ1n) is 10.8. The van der Waals surface area contributed by atoms with Crippen molar-refractivity contribution < 1.29 is 35.4 Å². The molecule has 1 heterocycles. The molecule has 1 aliphatic heterocycles. The van der Waals surface area contributed by atoms with Gasteiger partial charge in [-0.1, -0.05) is 24.3 Å². The lowest BCUT2D eigenvalue weighted by Gasteiger charge is -2.22. The summed E-state index contributed by atoms with van der Waals surface area (Å²) in [6.07, 6.45) is 2.83. The second-order valence-corrected chi connectivity index (χ2v) is 8.41. The Morgan fingerprint density at radius 1 is 0.600 bits per heavy atom. The molecular weight excluding hydrogens is 448 g/mol. The van der Waals surface area contributed by atoms with Gasteiger partial charge in [-0.15, -0.1) is 0 Å². The zero-order valence-electron chi connectivity index (χ0n) is 18.3. The number of hydrogen-bond donors (Lipinski definition) is 6. The maximum atomic E-state index is 10.6. The highest BCUT2D eigenvalue weighted by atomic mass is 16.5. The van der Waals surface area contributed by atoms with Gasteiger partial charge in [0.25, 0.3) is 0 Å². The molecule has 0 bridgehead atoms. The number of rotatable bonds is 4. The van der Waals surface area contributed by atoms with Gasteiger partial charge in [0.1, 0.15) is 46.4 Å². The van der Waals surface area contributed by atoms with Crippen molar-refractivity contribution in [3.8, 4) is 40.2 Å². The lowest BCUT2D eigenvalue weighted by atomic mass is 9.82. The number of aromatic hydroxyl groups is 6. The SMILES string of the molecule is Oc1ccc(/C=C\c2cc(O)cc3c2[C@@H](c2cc(O)cc(O)c2)[C@H](c2ccc(O)cc2O)O3)cc1. The standard InChI is InChI=1S/C28H22O7/c29-18-5-2-15(3-6-18)1-4-16-9-22(33)14-25-26(16)27(17-10-20(31)12-21(32)11-17)28(35-25)23-8-7-19(30)13-24(23)34/h1-14,27-34H/b4-1-/t27-,28+/m1/s1. The van der Waals surface area contributed by atoms with E-state index in [9.17, 15) is 30.6 Å². The Labute approximate surface area is 200 Å². The summed E-state index contributed by atoms with van der Waals surface area (Å²) in [7, 11) is 0.